The van der Waals surface area contributed by atoms with Gasteiger partial charge in [-0.2, -0.15) is 0 Å². The number of carbonyl (C=O) groups is 2. The molecular formula is C14H20N2O4S. The molecule has 2 heterocycles. The van der Waals surface area contributed by atoms with Crippen molar-refractivity contribution < 1.29 is 19.4 Å². The molecule has 1 aliphatic rings. The number of nitrogens with zero attached hydrogens (tertiary/aromatic N) is 1. The summed E-state index contributed by atoms with van der Waals surface area (Å²) in [5, 5.41) is 14.8. The largest absolute Gasteiger partial charge is 0.388 e. The highest BCUT2D eigenvalue weighted by atomic mass is 32.1. The fraction of sp³-hybridized carbons (Fsp3) is 0.571. The minimum atomic E-state index is -0.899. The summed E-state index contributed by atoms with van der Waals surface area (Å²) in [6.07, 6.45) is 1.02. The zero-order valence-electron chi connectivity index (χ0n) is 12.0. The van der Waals surface area contributed by atoms with Crippen LogP contribution in [0.4, 0.5) is 0 Å². The molecule has 7 heteroatoms. The van der Waals surface area contributed by atoms with E-state index in [1.54, 1.807) is 19.2 Å². The van der Waals surface area contributed by atoms with Gasteiger partial charge in [-0.05, 0) is 11.4 Å². The van der Waals surface area contributed by atoms with Gasteiger partial charge >= 0.3 is 0 Å². The lowest BCUT2D eigenvalue weighted by molar-refractivity contribution is -0.124. The van der Waals surface area contributed by atoms with Crippen molar-refractivity contribution in [3.05, 3.63) is 22.4 Å². The Morgan fingerprint density at radius 1 is 1.48 bits per heavy atom. The van der Waals surface area contributed by atoms with Crippen molar-refractivity contribution in [1.82, 2.24) is 10.2 Å². The Morgan fingerprint density at radius 2 is 2.19 bits per heavy atom. The topological polar surface area (TPSA) is 78.9 Å². The molecule has 0 bridgehead atoms. The van der Waals surface area contributed by atoms with Crippen LogP contribution < -0.4 is 5.32 Å². The van der Waals surface area contributed by atoms with Crippen LogP contribution >= 0.6 is 11.3 Å². The van der Waals surface area contributed by atoms with Crippen molar-refractivity contribution in [2.45, 2.75) is 18.4 Å². The summed E-state index contributed by atoms with van der Waals surface area (Å²) in [5.41, 5.74) is -0.899. The van der Waals surface area contributed by atoms with Gasteiger partial charge in [-0.25, -0.2) is 0 Å². The molecule has 1 aliphatic heterocycles. The molecule has 1 fully saturated rings. The zero-order chi connectivity index (χ0) is 15.3. The fourth-order valence-electron chi connectivity index (χ4n) is 2.12. The molecule has 0 spiro atoms. The number of rotatable bonds is 5. The van der Waals surface area contributed by atoms with Gasteiger partial charge in [-0.3, -0.25) is 9.59 Å². The number of nitrogens with one attached hydrogen (secondary N) is 1. The Labute approximate surface area is 127 Å². The Kier molecular flexibility index (Phi) is 5.33. The van der Waals surface area contributed by atoms with Gasteiger partial charge < -0.3 is 20.1 Å². The van der Waals surface area contributed by atoms with Crippen LogP contribution in [0.15, 0.2) is 17.5 Å². The predicted molar refractivity (Wildman–Crippen MR) is 79.3 cm³/mol. The van der Waals surface area contributed by atoms with Gasteiger partial charge in [0, 0.05) is 39.6 Å². The summed E-state index contributed by atoms with van der Waals surface area (Å²) in [7, 11) is 1.59. The third kappa shape index (κ3) is 4.52. The summed E-state index contributed by atoms with van der Waals surface area (Å²) >= 11 is 1.35. The SMILES string of the molecule is CN(CC(=O)NCC1(O)CCOCC1)C(=O)c1cccs1. The van der Waals surface area contributed by atoms with E-state index in [2.05, 4.69) is 5.32 Å². The molecule has 0 aliphatic carbocycles. The highest BCUT2D eigenvalue weighted by Gasteiger charge is 2.30. The Balaban J connectivity index is 1.77. The van der Waals surface area contributed by atoms with Crippen LogP contribution in [0.3, 0.4) is 0 Å². The number of carbonyl (C=O) groups excluding carboxylic acids is 2. The maximum absolute atomic E-state index is 12.0. The van der Waals surface area contributed by atoms with E-state index in [1.807, 2.05) is 5.38 Å². The molecule has 1 aromatic rings. The number of aliphatic hydroxyl groups is 1. The molecule has 0 atom stereocenters. The fourth-order valence-corrected chi connectivity index (χ4v) is 2.84. The highest BCUT2D eigenvalue weighted by molar-refractivity contribution is 7.12. The zero-order valence-corrected chi connectivity index (χ0v) is 12.8. The third-order valence-electron chi connectivity index (χ3n) is 3.50. The van der Waals surface area contributed by atoms with E-state index >= 15 is 0 Å². The molecule has 0 aromatic carbocycles. The van der Waals surface area contributed by atoms with Crippen LogP contribution in [0.2, 0.25) is 0 Å². The summed E-state index contributed by atoms with van der Waals surface area (Å²) < 4.78 is 5.18. The maximum atomic E-state index is 12.0. The van der Waals surface area contributed by atoms with E-state index in [9.17, 15) is 14.7 Å². The average molecular weight is 312 g/mol. The van der Waals surface area contributed by atoms with Gasteiger partial charge in [-0.1, -0.05) is 6.07 Å². The first-order chi connectivity index (χ1) is 10.0. The van der Waals surface area contributed by atoms with E-state index in [0.29, 0.717) is 30.9 Å². The summed E-state index contributed by atoms with van der Waals surface area (Å²) in [5.74, 6) is -0.452. The smallest absolute Gasteiger partial charge is 0.264 e. The van der Waals surface area contributed by atoms with E-state index in [1.165, 1.54) is 16.2 Å². The molecule has 2 N–H and O–H groups in total. The lowest BCUT2D eigenvalue weighted by Gasteiger charge is -2.32. The Hall–Kier alpha value is -1.44. The molecule has 1 aromatic heterocycles. The lowest BCUT2D eigenvalue weighted by Crippen LogP contribution is -2.48. The van der Waals surface area contributed by atoms with Crippen molar-refractivity contribution in [1.29, 1.82) is 0 Å². The average Bonchev–Trinajstić information content (AvgIpc) is 2.99. The van der Waals surface area contributed by atoms with Crippen LogP contribution in [-0.4, -0.2) is 60.8 Å². The standard InChI is InChI=1S/C14H20N2O4S/c1-16(13(18)11-3-2-8-21-11)9-12(17)15-10-14(19)4-6-20-7-5-14/h2-3,8,19H,4-7,9-10H2,1H3,(H,15,17). The lowest BCUT2D eigenvalue weighted by atomic mass is 9.94. The number of hydrogen-bond acceptors (Lipinski definition) is 5. The Morgan fingerprint density at radius 3 is 2.81 bits per heavy atom. The number of ether oxygens (including phenoxy) is 1. The first-order valence-corrected chi connectivity index (χ1v) is 7.74. The minimum Gasteiger partial charge on any atom is -0.388 e. The maximum Gasteiger partial charge on any atom is 0.264 e. The van der Waals surface area contributed by atoms with Gasteiger partial charge in [0.25, 0.3) is 5.91 Å². The summed E-state index contributed by atoms with van der Waals surface area (Å²) in [6.45, 7) is 1.17. The first-order valence-electron chi connectivity index (χ1n) is 6.86. The molecule has 0 saturated carbocycles. The second kappa shape index (κ2) is 7.02. The van der Waals surface area contributed by atoms with Crippen molar-refractivity contribution in [2.75, 3.05) is 33.4 Å². The normalized spacial score (nSPS) is 17.2. The van der Waals surface area contributed by atoms with Crippen molar-refractivity contribution in [3.8, 4) is 0 Å². The minimum absolute atomic E-state index is 0.0245. The quantitative estimate of drug-likeness (QED) is 0.829. The van der Waals surface area contributed by atoms with Gasteiger partial charge in [0.1, 0.15) is 0 Å². The Bertz CT molecular complexity index is 483. The highest BCUT2D eigenvalue weighted by Crippen LogP contribution is 2.19. The van der Waals surface area contributed by atoms with Crippen LogP contribution in [0.25, 0.3) is 0 Å². The third-order valence-corrected chi connectivity index (χ3v) is 4.36. The van der Waals surface area contributed by atoms with Gasteiger partial charge in [0.15, 0.2) is 0 Å². The van der Waals surface area contributed by atoms with E-state index in [-0.39, 0.29) is 24.9 Å². The van der Waals surface area contributed by atoms with E-state index < -0.39 is 5.60 Å². The molecule has 2 rings (SSSR count). The first kappa shape index (κ1) is 15.9. The van der Waals surface area contributed by atoms with Crippen LogP contribution in [0.5, 0.6) is 0 Å². The van der Waals surface area contributed by atoms with Crippen LogP contribution in [0.1, 0.15) is 22.5 Å². The number of thiophene rings is 1. The number of likely N-dealkylation sites (N-methyl/N-ethyl adjacent to an activating group) is 1. The van der Waals surface area contributed by atoms with Gasteiger partial charge in [0.2, 0.25) is 5.91 Å². The predicted octanol–water partition coefficient (Wildman–Crippen LogP) is 0.478. The van der Waals surface area contributed by atoms with Gasteiger partial charge in [-0.15, -0.1) is 11.3 Å². The van der Waals surface area contributed by atoms with Crippen molar-refractivity contribution in [2.24, 2.45) is 0 Å². The molecule has 0 radical (unpaired) electrons. The number of hydrogen-bond donors (Lipinski definition) is 2. The summed E-state index contributed by atoms with van der Waals surface area (Å²) in [6, 6.07) is 3.53. The second-order valence-corrected chi connectivity index (χ2v) is 6.20. The van der Waals surface area contributed by atoms with E-state index in [4.69, 9.17) is 4.74 Å². The molecule has 21 heavy (non-hydrogen) atoms. The molecule has 116 valence electrons. The second-order valence-electron chi connectivity index (χ2n) is 5.25. The molecule has 1 saturated heterocycles. The molecular weight excluding hydrogens is 292 g/mol. The summed E-state index contributed by atoms with van der Waals surface area (Å²) in [4.78, 5) is 25.8. The van der Waals surface area contributed by atoms with Crippen molar-refractivity contribution >= 4 is 23.2 Å². The molecule has 6 nitrogen and oxygen atoms in total. The van der Waals surface area contributed by atoms with Crippen LogP contribution in [0, 0.1) is 0 Å². The van der Waals surface area contributed by atoms with Gasteiger partial charge in [0.05, 0.1) is 17.0 Å². The molecule has 0 unspecified atom stereocenters. The number of amides is 2. The monoisotopic (exact) mass is 312 g/mol. The van der Waals surface area contributed by atoms with Crippen LogP contribution in [-0.2, 0) is 9.53 Å². The van der Waals surface area contributed by atoms with Crippen molar-refractivity contribution in [3.63, 3.8) is 0 Å². The van der Waals surface area contributed by atoms with E-state index in [0.717, 1.165) is 0 Å². The molecule has 2 amide bonds.